The average Bonchev–Trinajstić information content (AvgIpc) is 2.47. The molecule has 1 saturated heterocycles. The monoisotopic (exact) mass is 336 g/mol. The second-order valence-electron chi connectivity index (χ2n) is 5.54. The van der Waals surface area contributed by atoms with Crippen LogP contribution in [0.5, 0.6) is 0 Å². The first-order valence-corrected chi connectivity index (χ1v) is 7.66. The van der Waals surface area contributed by atoms with Crippen molar-refractivity contribution in [3.8, 4) is 0 Å². The highest BCUT2D eigenvalue weighted by molar-refractivity contribution is 6.20. The van der Waals surface area contributed by atoms with Crippen LogP contribution in [0.25, 0.3) is 0 Å². The molecule has 3 atom stereocenters. The summed E-state index contributed by atoms with van der Waals surface area (Å²) < 4.78 is 40.4. The molecule has 0 spiro atoms. The Bertz CT molecular complexity index is 462. The number of aliphatic hydroxyl groups is 1. The Morgan fingerprint density at radius 3 is 2.00 bits per heavy atom. The third-order valence-corrected chi connectivity index (χ3v) is 4.53. The molecule has 0 radical (unpaired) electrons. The second-order valence-corrected chi connectivity index (χ2v) is 5.99. The van der Waals surface area contributed by atoms with Gasteiger partial charge in [0.05, 0.1) is 6.10 Å². The molecule has 0 aliphatic carbocycles. The van der Waals surface area contributed by atoms with E-state index in [9.17, 15) is 18.3 Å². The van der Waals surface area contributed by atoms with Crippen molar-refractivity contribution in [2.45, 2.75) is 30.7 Å². The van der Waals surface area contributed by atoms with E-state index in [4.69, 9.17) is 11.6 Å². The Morgan fingerprint density at radius 1 is 1.05 bits per heavy atom. The van der Waals surface area contributed by atoms with Crippen molar-refractivity contribution in [2.24, 2.45) is 0 Å². The van der Waals surface area contributed by atoms with Gasteiger partial charge in [-0.05, 0) is 12.5 Å². The molecule has 3 unspecified atom stereocenters. The first kappa shape index (κ1) is 17.5. The summed E-state index contributed by atoms with van der Waals surface area (Å²) in [4.78, 5) is 3.23. The van der Waals surface area contributed by atoms with Gasteiger partial charge in [0.2, 0.25) is 0 Å². The quantitative estimate of drug-likeness (QED) is 0.676. The van der Waals surface area contributed by atoms with Gasteiger partial charge in [-0.3, -0.25) is 9.80 Å². The van der Waals surface area contributed by atoms with Gasteiger partial charge in [-0.25, -0.2) is 0 Å². The SMILES string of the molecule is CC(O)C(Cl)N1CCN(C(c2ccccc2)C(F)(F)F)CC1. The topological polar surface area (TPSA) is 26.7 Å². The predicted octanol–water partition coefficient (Wildman–Crippen LogP) is 2.85. The zero-order valence-electron chi connectivity index (χ0n) is 12.3. The standard InChI is InChI=1S/C15H20ClF3N2O/c1-11(22)14(16)21-9-7-20(8-10-21)13(15(17,18)19)12-5-3-2-4-6-12/h2-6,11,13-14,22H,7-10H2,1H3. The molecule has 3 nitrogen and oxygen atoms in total. The Balaban J connectivity index is 2.09. The van der Waals surface area contributed by atoms with Crippen LogP contribution in [0.1, 0.15) is 18.5 Å². The maximum atomic E-state index is 13.5. The fourth-order valence-electron chi connectivity index (χ4n) is 2.79. The summed E-state index contributed by atoms with van der Waals surface area (Å²) in [6, 6.07) is 6.35. The lowest BCUT2D eigenvalue weighted by atomic mass is 10.0. The van der Waals surface area contributed by atoms with Gasteiger partial charge in [-0.15, -0.1) is 11.6 Å². The largest absolute Gasteiger partial charge is 0.408 e. The van der Waals surface area contributed by atoms with Crippen LogP contribution < -0.4 is 0 Å². The van der Waals surface area contributed by atoms with E-state index in [1.165, 1.54) is 17.0 Å². The Kier molecular flexibility index (Phi) is 5.71. The zero-order chi connectivity index (χ0) is 16.3. The molecule has 1 heterocycles. The number of halogens is 4. The zero-order valence-corrected chi connectivity index (χ0v) is 13.1. The summed E-state index contributed by atoms with van der Waals surface area (Å²) >= 11 is 6.06. The smallest absolute Gasteiger partial charge is 0.390 e. The van der Waals surface area contributed by atoms with Crippen LogP contribution in [-0.2, 0) is 0 Å². The molecule has 0 aromatic heterocycles. The lowest BCUT2D eigenvalue weighted by Gasteiger charge is -2.41. The van der Waals surface area contributed by atoms with Crippen molar-refractivity contribution in [2.75, 3.05) is 26.2 Å². The highest BCUT2D eigenvalue weighted by Crippen LogP contribution is 2.38. The van der Waals surface area contributed by atoms with E-state index >= 15 is 0 Å². The summed E-state index contributed by atoms with van der Waals surface area (Å²) in [5, 5.41) is 9.49. The molecule has 1 aromatic rings. The van der Waals surface area contributed by atoms with Crippen molar-refractivity contribution < 1.29 is 18.3 Å². The second kappa shape index (κ2) is 7.17. The molecule has 2 rings (SSSR count). The molecule has 0 bridgehead atoms. The van der Waals surface area contributed by atoms with E-state index in [0.29, 0.717) is 13.1 Å². The maximum absolute atomic E-state index is 13.5. The van der Waals surface area contributed by atoms with Crippen LogP contribution in [0.4, 0.5) is 13.2 Å². The molecule has 7 heteroatoms. The minimum atomic E-state index is -4.33. The number of aliphatic hydroxyl groups excluding tert-OH is 1. The molecule has 124 valence electrons. The average molecular weight is 337 g/mol. The van der Waals surface area contributed by atoms with Gasteiger partial charge in [0.25, 0.3) is 0 Å². The number of piperazine rings is 1. The minimum absolute atomic E-state index is 0.251. The van der Waals surface area contributed by atoms with Crippen LogP contribution in [-0.4, -0.2) is 58.9 Å². The van der Waals surface area contributed by atoms with Gasteiger partial charge in [0.15, 0.2) is 0 Å². The molecule has 0 amide bonds. The first-order chi connectivity index (χ1) is 10.3. The van der Waals surface area contributed by atoms with E-state index in [2.05, 4.69) is 0 Å². The number of alkyl halides is 4. The van der Waals surface area contributed by atoms with Crippen molar-refractivity contribution in [3.63, 3.8) is 0 Å². The molecular formula is C15H20ClF3N2O. The van der Waals surface area contributed by atoms with Crippen LogP contribution in [0.2, 0.25) is 0 Å². The van der Waals surface area contributed by atoms with E-state index in [1.807, 2.05) is 0 Å². The third kappa shape index (κ3) is 4.13. The van der Waals surface area contributed by atoms with Crippen molar-refractivity contribution in [1.29, 1.82) is 0 Å². The van der Waals surface area contributed by atoms with Crippen LogP contribution in [0, 0.1) is 0 Å². The highest BCUT2D eigenvalue weighted by atomic mass is 35.5. The highest BCUT2D eigenvalue weighted by Gasteiger charge is 2.45. The van der Waals surface area contributed by atoms with Gasteiger partial charge < -0.3 is 5.11 Å². The number of hydrogen-bond donors (Lipinski definition) is 1. The molecular weight excluding hydrogens is 317 g/mol. The van der Waals surface area contributed by atoms with E-state index < -0.39 is 23.8 Å². The number of hydrogen-bond acceptors (Lipinski definition) is 3. The van der Waals surface area contributed by atoms with Crippen molar-refractivity contribution >= 4 is 11.6 Å². The predicted molar refractivity (Wildman–Crippen MR) is 79.7 cm³/mol. The molecule has 1 aliphatic heterocycles. The van der Waals surface area contributed by atoms with E-state index in [1.54, 1.807) is 30.0 Å². The van der Waals surface area contributed by atoms with Gasteiger partial charge in [0, 0.05) is 26.2 Å². The Hall–Kier alpha value is -0.820. The van der Waals surface area contributed by atoms with Crippen LogP contribution in [0.15, 0.2) is 30.3 Å². The normalized spacial score (nSPS) is 22.3. The third-order valence-electron chi connectivity index (χ3n) is 3.89. The first-order valence-electron chi connectivity index (χ1n) is 7.22. The number of benzene rings is 1. The molecule has 1 aliphatic rings. The maximum Gasteiger partial charge on any atom is 0.408 e. The molecule has 0 saturated carbocycles. The Labute approximate surface area is 133 Å². The summed E-state index contributed by atoms with van der Waals surface area (Å²) in [6.07, 6.45) is -5.05. The summed E-state index contributed by atoms with van der Waals surface area (Å²) in [7, 11) is 0. The molecule has 1 fully saturated rings. The lowest BCUT2D eigenvalue weighted by Crippen LogP contribution is -2.54. The lowest BCUT2D eigenvalue weighted by molar-refractivity contribution is -0.191. The van der Waals surface area contributed by atoms with Crippen molar-refractivity contribution in [1.82, 2.24) is 9.80 Å². The van der Waals surface area contributed by atoms with Gasteiger partial charge in [0.1, 0.15) is 11.5 Å². The van der Waals surface area contributed by atoms with Gasteiger partial charge in [-0.1, -0.05) is 30.3 Å². The van der Waals surface area contributed by atoms with Crippen molar-refractivity contribution in [3.05, 3.63) is 35.9 Å². The van der Waals surface area contributed by atoms with E-state index in [0.717, 1.165) is 0 Å². The molecule has 1 N–H and O–H groups in total. The van der Waals surface area contributed by atoms with Gasteiger partial charge >= 0.3 is 6.18 Å². The summed E-state index contributed by atoms with van der Waals surface area (Å²) in [5.41, 5.74) is -0.315. The minimum Gasteiger partial charge on any atom is -0.390 e. The fraction of sp³-hybridized carbons (Fsp3) is 0.600. The Morgan fingerprint density at radius 2 is 1.55 bits per heavy atom. The van der Waals surface area contributed by atoms with Crippen LogP contribution in [0.3, 0.4) is 0 Å². The van der Waals surface area contributed by atoms with Gasteiger partial charge in [-0.2, -0.15) is 13.2 Å². The number of rotatable bonds is 4. The summed E-state index contributed by atoms with van der Waals surface area (Å²) in [5.74, 6) is 0. The van der Waals surface area contributed by atoms with Crippen LogP contribution >= 0.6 is 11.6 Å². The fourth-order valence-corrected chi connectivity index (χ4v) is 2.98. The molecule has 22 heavy (non-hydrogen) atoms. The summed E-state index contributed by atoms with van der Waals surface area (Å²) in [6.45, 7) is 2.90. The van der Waals surface area contributed by atoms with E-state index in [-0.39, 0.29) is 18.7 Å². The molecule has 1 aromatic carbocycles. The number of nitrogens with zero attached hydrogens (tertiary/aromatic N) is 2.